The number of sulfonamides is 1. The highest BCUT2D eigenvalue weighted by atomic mass is 32.2. The van der Waals surface area contributed by atoms with Gasteiger partial charge in [0.15, 0.2) is 10.8 Å². The lowest BCUT2D eigenvalue weighted by Gasteiger charge is -2.25. The highest BCUT2D eigenvalue weighted by Gasteiger charge is 2.30. The standard InChI is InChI=1S/C14H22N4O2S/c1-5-9-14(2,3)17-21(19,20)13-12(15-4)16-11-8-6-7-10-18(11)13/h6-8,10,15,17H,5,9H2,1-4H3. The first kappa shape index (κ1) is 15.8. The molecule has 0 radical (unpaired) electrons. The van der Waals surface area contributed by atoms with Crippen LogP contribution in [0.15, 0.2) is 29.4 Å². The molecule has 0 aliphatic carbocycles. The summed E-state index contributed by atoms with van der Waals surface area (Å²) >= 11 is 0. The maximum Gasteiger partial charge on any atom is 0.260 e. The lowest BCUT2D eigenvalue weighted by Crippen LogP contribution is -2.43. The Hall–Kier alpha value is -1.60. The Balaban J connectivity index is 2.54. The number of pyridine rings is 1. The van der Waals surface area contributed by atoms with Gasteiger partial charge in [0.05, 0.1) is 0 Å². The lowest BCUT2D eigenvalue weighted by atomic mass is 10.0. The third kappa shape index (κ3) is 3.19. The van der Waals surface area contributed by atoms with E-state index in [1.165, 1.54) is 0 Å². The fraction of sp³-hybridized carbons (Fsp3) is 0.500. The average molecular weight is 310 g/mol. The van der Waals surface area contributed by atoms with Gasteiger partial charge in [-0.15, -0.1) is 0 Å². The fourth-order valence-electron chi connectivity index (χ4n) is 2.48. The zero-order chi connectivity index (χ0) is 15.7. The summed E-state index contributed by atoms with van der Waals surface area (Å²) in [4.78, 5) is 4.31. The molecule has 0 aromatic carbocycles. The molecule has 0 saturated carbocycles. The molecule has 21 heavy (non-hydrogen) atoms. The van der Waals surface area contributed by atoms with E-state index in [-0.39, 0.29) is 5.03 Å². The van der Waals surface area contributed by atoms with E-state index in [4.69, 9.17) is 0 Å². The Morgan fingerprint density at radius 1 is 1.33 bits per heavy atom. The van der Waals surface area contributed by atoms with Crippen LogP contribution in [0.2, 0.25) is 0 Å². The molecule has 2 rings (SSSR count). The number of rotatable bonds is 6. The van der Waals surface area contributed by atoms with E-state index in [9.17, 15) is 8.42 Å². The molecule has 116 valence electrons. The first-order chi connectivity index (χ1) is 9.80. The number of hydrogen-bond acceptors (Lipinski definition) is 4. The molecule has 0 spiro atoms. The molecule has 0 saturated heterocycles. The van der Waals surface area contributed by atoms with Gasteiger partial charge in [0.1, 0.15) is 5.65 Å². The molecule has 2 heterocycles. The number of hydrogen-bond donors (Lipinski definition) is 2. The van der Waals surface area contributed by atoms with Gasteiger partial charge >= 0.3 is 0 Å². The maximum atomic E-state index is 12.8. The van der Waals surface area contributed by atoms with E-state index >= 15 is 0 Å². The summed E-state index contributed by atoms with van der Waals surface area (Å²) in [5, 5.41) is 3.00. The van der Waals surface area contributed by atoms with Gasteiger partial charge in [0.2, 0.25) is 0 Å². The lowest BCUT2D eigenvalue weighted by molar-refractivity contribution is 0.417. The Morgan fingerprint density at radius 3 is 2.67 bits per heavy atom. The second kappa shape index (κ2) is 5.65. The molecule has 0 bridgehead atoms. The topological polar surface area (TPSA) is 75.5 Å². The highest BCUT2D eigenvalue weighted by Crippen LogP contribution is 2.24. The predicted octanol–water partition coefficient (Wildman–Crippen LogP) is 2.23. The Morgan fingerprint density at radius 2 is 2.05 bits per heavy atom. The molecule has 2 aromatic rings. The van der Waals surface area contributed by atoms with Crippen molar-refractivity contribution >= 4 is 21.5 Å². The minimum atomic E-state index is -3.68. The Kier molecular flexibility index (Phi) is 4.25. The van der Waals surface area contributed by atoms with Crippen molar-refractivity contribution in [1.82, 2.24) is 14.1 Å². The first-order valence-electron chi connectivity index (χ1n) is 6.99. The van der Waals surface area contributed by atoms with Gasteiger partial charge in [-0.2, -0.15) is 0 Å². The van der Waals surface area contributed by atoms with E-state index in [2.05, 4.69) is 15.0 Å². The zero-order valence-corrected chi connectivity index (χ0v) is 13.7. The van der Waals surface area contributed by atoms with Crippen LogP contribution in [0.4, 0.5) is 5.82 Å². The van der Waals surface area contributed by atoms with Crippen LogP contribution in [-0.4, -0.2) is 30.4 Å². The summed E-state index contributed by atoms with van der Waals surface area (Å²) in [6.07, 6.45) is 3.37. The molecule has 0 unspecified atom stereocenters. The molecular formula is C14H22N4O2S. The van der Waals surface area contributed by atoms with Crippen molar-refractivity contribution < 1.29 is 8.42 Å². The van der Waals surface area contributed by atoms with Gasteiger partial charge in [-0.25, -0.2) is 18.1 Å². The summed E-state index contributed by atoms with van der Waals surface area (Å²) in [6.45, 7) is 5.80. The van der Waals surface area contributed by atoms with Crippen molar-refractivity contribution in [1.29, 1.82) is 0 Å². The van der Waals surface area contributed by atoms with Crippen LogP contribution in [0.3, 0.4) is 0 Å². The number of imidazole rings is 1. The van der Waals surface area contributed by atoms with Crippen molar-refractivity contribution in [3.63, 3.8) is 0 Å². The minimum Gasteiger partial charge on any atom is -0.371 e. The molecule has 0 atom stereocenters. The molecule has 2 aromatic heterocycles. The molecule has 6 nitrogen and oxygen atoms in total. The van der Waals surface area contributed by atoms with Gasteiger partial charge < -0.3 is 5.32 Å². The third-order valence-electron chi connectivity index (χ3n) is 3.26. The highest BCUT2D eigenvalue weighted by molar-refractivity contribution is 7.89. The van der Waals surface area contributed by atoms with Gasteiger partial charge in [-0.3, -0.25) is 4.40 Å². The van der Waals surface area contributed by atoms with Gasteiger partial charge in [-0.1, -0.05) is 19.4 Å². The summed E-state index contributed by atoms with van der Waals surface area (Å²) in [5.41, 5.74) is 0.0906. The van der Waals surface area contributed by atoms with Gasteiger partial charge in [0, 0.05) is 18.8 Å². The van der Waals surface area contributed by atoms with Gasteiger partial charge in [0.25, 0.3) is 10.0 Å². The van der Waals surface area contributed by atoms with Crippen molar-refractivity contribution in [3.05, 3.63) is 24.4 Å². The smallest absolute Gasteiger partial charge is 0.260 e. The van der Waals surface area contributed by atoms with Crippen LogP contribution in [0.5, 0.6) is 0 Å². The average Bonchev–Trinajstić information content (AvgIpc) is 2.76. The minimum absolute atomic E-state index is 0.143. The van der Waals surface area contributed by atoms with Crippen LogP contribution >= 0.6 is 0 Å². The third-order valence-corrected chi connectivity index (χ3v) is 4.98. The molecule has 0 amide bonds. The van der Waals surface area contributed by atoms with Crippen molar-refractivity contribution in [3.8, 4) is 0 Å². The molecule has 2 N–H and O–H groups in total. The van der Waals surface area contributed by atoms with E-state index < -0.39 is 15.6 Å². The van der Waals surface area contributed by atoms with Crippen LogP contribution in [0, 0.1) is 0 Å². The van der Waals surface area contributed by atoms with Crippen LogP contribution in [-0.2, 0) is 10.0 Å². The molecule has 0 aliphatic heterocycles. The zero-order valence-electron chi connectivity index (χ0n) is 12.8. The summed E-state index contributed by atoms with van der Waals surface area (Å²) in [5.74, 6) is 0.348. The molecule has 0 aliphatic rings. The largest absolute Gasteiger partial charge is 0.371 e. The second-order valence-electron chi connectivity index (χ2n) is 5.68. The second-order valence-corrected chi connectivity index (χ2v) is 7.28. The maximum absolute atomic E-state index is 12.8. The van der Waals surface area contributed by atoms with Crippen LogP contribution in [0.1, 0.15) is 33.6 Å². The molecule has 7 heteroatoms. The summed E-state index contributed by atoms with van der Waals surface area (Å²) in [7, 11) is -2.01. The Labute approximate surface area is 125 Å². The summed E-state index contributed by atoms with van der Waals surface area (Å²) in [6, 6.07) is 5.38. The first-order valence-corrected chi connectivity index (χ1v) is 8.48. The number of aromatic nitrogens is 2. The number of nitrogens with zero attached hydrogens (tertiary/aromatic N) is 2. The van der Waals surface area contributed by atoms with Crippen LogP contribution < -0.4 is 10.0 Å². The SMILES string of the molecule is CCCC(C)(C)NS(=O)(=O)c1c(NC)nc2ccccn12. The van der Waals surface area contributed by atoms with Gasteiger partial charge in [-0.05, 0) is 32.4 Å². The van der Waals surface area contributed by atoms with E-state index in [0.717, 1.165) is 12.8 Å². The fourth-order valence-corrected chi connectivity index (χ4v) is 4.22. The van der Waals surface area contributed by atoms with Crippen LogP contribution in [0.25, 0.3) is 5.65 Å². The molecular weight excluding hydrogens is 288 g/mol. The normalized spacial score (nSPS) is 12.8. The number of anilines is 1. The summed E-state index contributed by atoms with van der Waals surface area (Å²) < 4.78 is 29.9. The quantitative estimate of drug-likeness (QED) is 0.858. The predicted molar refractivity (Wildman–Crippen MR) is 84.0 cm³/mol. The number of nitrogens with one attached hydrogen (secondary N) is 2. The number of fused-ring (bicyclic) bond motifs is 1. The molecule has 0 fully saturated rings. The monoisotopic (exact) mass is 310 g/mol. The van der Waals surface area contributed by atoms with E-state index in [0.29, 0.717) is 11.5 Å². The Bertz CT molecular complexity index is 735. The van der Waals surface area contributed by atoms with Crippen molar-refractivity contribution in [2.24, 2.45) is 0 Å². The van der Waals surface area contributed by atoms with Crippen molar-refractivity contribution in [2.45, 2.75) is 44.2 Å². The van der Waals surface area contributed by atoms with E-state index in [1.807, 2.05) is 26.8 Å². The van der Waals surface area contributed by atoms with E-state index in [1.54, 1.807) is 29.8 Å². The van der Waals surface area contributed by atoms with Crippen molar-refractivity contribution in [2.75, 3.05) is 12.4 Å².